The minimum Gasteiger partial charge on any atom is -0.347 e. The van der Waals surface area contributed by atoms with Crippen LogP contribution >= 0.6 is 0 Å². The highest BCUT2D eigenvalue weighted by Gasteiger charge is 2.17. The maximum atomic E-state index is 12.8. The molecule has 1 atom stereocenters. The van der Waals surface area contributed by atoms with E-state index < -0.39 is 0 Å². The van der Waals surface area contributed by atoms with Crippen LogP contribution in [0.5, 0.6) is 0 Å². The summed E-state index contributed by atoms with van der Waals surface area (Å²) in [6.07, 6.45) is 5.49. The Kier molecular flexibility index (Phi) is 4.80. The third-order valence-electron chi connectivity index (χ3n) is 4.73. The number of nitrogens with one attached hydrogen (secondary N) is 1. The summed E-state index contributed by atoms with van der Waals surface area (Å²) in [5.74, 6) is -0.244. The molecule has 0 aliphatic rings. The van der Waals surface area contributed by atoms with Crippen LogP contribution < -0.4 is 10.9 Å². The first kappa shape index (κ1) is 17.8. The van der Waals surface area contributed by atoms with Gasteiger partial charge in [0.1, 0.15) is 5.52 Å². The fraction of sp³-hybridized carbons (Fsp3) is 0.190. The molecule has 0 unspecified atom stereocenters. The number of hydrogen-bond donors (Lipinski definition) is 1. The monoisotopic (exact) mass is 373 g/mol. The lowest BCUT2D eigenvalue weighted by Crippen LogP contribution is -2.40. The average molecular weight is 373 g/mol. The number of hydrogen-bond acceptors (Lipinski definition) is 5. The van der Waals surface area contributed by atoms with Crippen LogP contribution in [0.15, 0.2) is 65.8 Å². The van der Waals surface area contributed by atoms with Gasteiger partial charge in [0.2, 0.25) is 0 Å². The van der Waals surface area contributed by atoms with Gasteiger partial charge in [-0.3, -0.25) is 19.6 Å². The van der Waals surface area contributed by atoms with Crippen LogP contribution in [0, 0.1) is 0 Å². The molecule has 0 saturated heterocycles. The average Bonchev–Trinajstić information content (AvgIpc) is 2.74. The number of nitrogens with zero attached hydrogens (tertiary/aromatic N) is 4. The minimum atomic E-state index is -0.245. The van der Waals surface area contributed by atoms with Crippen molar-refractivity contribution in [3.63, 3.8) is 0 Å². The summed E-state index contributed by atoms with van der Waals surface area (Å²) < 4.78 is 1.40. The van der Waals surface area contributed by atoms with Crippen LogP contribution in [0.4, 0.5) is 0 Å². The predicted octanol–water partition coefficient (Wildman–Crippen LogP) is 2.55. The van der Waals surface area contributed by atoms with Crippen molar-refractivity contribution in [3.8, 4) is 0 Å². The highest BCUT2D eigenvalue weighted by atomic mass is 16.2. The van der Waals surface area contributed by atoms with Crippen molar-refractivity contribution in [2.24, 2.45) is 0 Å². The molecule has 0 radical (unpaired) electrons. The molecule has 2 heterocycles. The van der Waals surface area contributed by atoms with Gasteiger partial charge in [-0.25, -0.2) is 4.68 Å². The second-order valence-electron chi connectivity index (χ2n) is 6.53. The lowest BCUT2D eigenvalue weighted by molar-refractivity contribution is 0.0932. The second kappa shape index (κ2) is 7.56. The third kappa shape index (κ3) is 3.34. The van der Waals surface area contributed by atoms with Crippen LogP contribution in [0.1, 0.15) is 23.7 Å². The van der Waals surface area contributed by atoms with Crippen LogP contribution in [0.25, 0.3) is 21.8 Å². The maximum absolute atomic E-state index is 12.8. The van der Waals surface area contributed by atoms with Crippen molar-refractivity contribution >= 4 is 27.7 Å². The van der Waals surface area contributed by atoms with E-state index in [2.05, 4.69) is 20.4 Å². The second-order valence-corrected chi connectivity index (χ2v) is 6.53. The lowest BCUT2D eigenvalue weighted by Gasteiger charge is -2.18. The van der Waals surface area contributed by atoms with Gasteiger partial charge >= 0.3 is 0 Å². The molecule has 1 N–H and O–H groups in total. The first-order valence-corrected chi connectivity index (χ1v) is 9.13. The Hall–Kier alpha value is -3.61. The van der Waals surface area contributed by atoms with Crippen LogP contribution in [0.3, 0.4) is 0 Å². The highest BCUT2D eigenvalue weighted by Crippen LogP contribution is 2.14. The molecule has 0 saturated carbocycles. The number of fused-ring (bicyclic) bond motifs is 2. The molecule has 1 amide bonds. The van der Waals surface area contributed by atoms with Crippen molar-refractivity contribution < 1.29 is 4.79 Å². The Labute approximate surface area is 161 Å². The number of carbonyl (C=O) groups is 1. The molecule has 0 bridgehead atoms. The van der Waals surface area contributed by atoms with E-state index in [1.165, 1.54) is 4.68 Å². The first-order chi connectivity index (χ1) is 13.7. The van der Waals surface area contributed by atoms with Gasteiger partial charge in [0, 0.05) is 23.8 Å². The predicted molar refractivity (Wildman–Crippen MR) is 107 cm³/mol. The van der Waals surface area contributed by atoms with Gasteiger partial charge in [-0.15, -0.1) is 0 Å². The van der Waals surface area contributed by atoms with Crippen molar-refractivity contribution in [2.45, 2.75) is 25.9 Å². The van der Waals surface area contributed by atoms with Gasteiger partial charge in [0.05, 0.1) is 29.2 Å². The Bertz CT molecular complexity index is 1210. The van der Waals surface area contributed by atoms with E-state index in [4.69, 9.17) is 0 Å². The molecule has 0 spiro atoms. The number of carbonyl (C=O) groups excluding carboxylic acids is 1. The molecule has 140 valence electrons. The Morgan fingerprint density at radius 3 is 2.79 bits per heavy atom. The molecule has 2 aromatic carbocycles. The molecular formula is C21H19N5O2. The molecule has 7 heteroatoms. The zero-order chi connectivity index (χ0) is 19.5. The van der Waals surface area contributed by atoms with E-state index in [1.54, 1.807) is 36.8 Å². The van der Waals surface area contributed by atoms with E-state index in [-0.39, 0.29) is 17.5 Å². The van der Waals surface area contributed by atoms with Crippen molar-refractivity contribution in [2.75, 3.05) is 0 Å². The third-order valence-corrected chi connectivity index (χ3v) is 4.73. The SMILES string of the molecule is CC[C@H](Cn1ncc2ccccc2c1=O)NC(=O)c1cccc2nccnc12. The van der Waals surface area contributed by atoms with Gasteiger partial charge in [-0.05, 0) is 24.6 Å². The van der Waals surface area contributed by atoms with Crippen LogP contribution in [-0.2, 0) is 6.54 Å². The molecule has 7 nitrogen and oxygen atoms in total. The molecule has 4 aromatic rings. The molecule has 28 heavy (non-hydrogen) atoms. The van der Waals surface area contributed by atoms with Crippen LogP contribution in [-0.4, -0.2) is 31.7 Å². The molecule has 2 aromatic heterocycles. The van der Waals surface area contributed by atoms with Gasteiger partial charge < -0.3 is 5.32 Å². The first-order valence-electron chi connectivity index (χ1n) is 9.13. The topological polar surface area (TPSA) is 89.8 Å². The maximum Gasteiger partial charge on any atom is 0.274 e. The molecule has 4 rings (SSSR count). The lowest BCUT2D eigenvalue weighted by atomic mass is 10.1. The van der Waals surface area contributed by atoms with Crippen molar-refractivity contribution in [1.82, 2.24) is 25.1 Å². The summed E-state index contributed by atoms with van der Waals surface area (Å²) in [4.78, 5) is 34.0. The Balaban J connectivity index is 1.59. The minimum absolute atomic E-state index is 0.165. The Morgan fingerprint density at radius 1 is 1.11 bits per heavy atom. The summed E-state index contributed by atoms with van der Waals surface area (Å²) >= 11 is 0. The van der Waals surface area contributed by atoms with Crippen LogP contribution in [0.2, 0.25) is 0 Å². The van der Waals surface area contributed by atoms with E-state index in [1.807, 2.05) is 31.2 Å². The molecule has 0 aliphatic carbocycles. The standard InChI is InChI=1S/C21H19N5O2/c1-2-15(13-26-21(28)16-7-4-3-6-14(16)12-24-26)25-20(27)17-8-5-9-18-19(17)23-11-10-22-18/h3-12,15H,2,13H2,1H3,(H,25,27)/t15-/m1/s1. The van der Waals surface area contributed by atoms with E-state index in [0.717, 1.165) is 5.39 Å². The smallest absolute Gasteiger partial charge is 0.274 e. The molecule has 0 aliphatic heterocycles. The summed E-state index contributed by atoms with van der Waals surface area (Å²) in [6.45, 7) is 2.25. The molecular weight excluding hydrogens is 354 g/mol. The zero-order valence-corrected chi connectivity index (χ0v) is 15.4. The van der Waals surface area contributed by atoms with Crippen molar-refractivity contribution in [3.05, 3.63) is 77.0 Å². The summed E-state index contributed by atoms with van der Waals surface area (Å²) in [5, 5.41) is 8.66. The normalized spacial score (nSPS) is 12.2. The summed E-state index contributed by atoms with van der Waals surface area (Å²) in [7, 11) is 0. The van der Waals surface area contributed by atoms with Gasteiger partial charge in [-0.1, -0.05) is 31.2 Å². The number of amides is 1. The summed E-state index contributed by atoms with van der Waals surface area (Å²) in [5.41, 5.74) is 1.51. The van der Waals surface area contributed by atoms with Crippen molar-refractivity contribution in [1.29, 1.82) is 0 Å². The number of para-hydroxylation sites is 1. The Morgan fingerprint density at radius 2 is 1.93 bits per heavy atom. The largest absolute Gasteiger partial charge is 0.347 e. The number of rotatable bonds is 5. The quantitative estimate of drug-likeness (QED) is 0.581. The van der Waals surface area contributed by atoms with Gasteiger partial charge in [0.15, 0.2) is 0 Å². The highest BCUT2D eigenvalue weighted by molar-refractivity contribution is 6.04. The zero-order valence-electron chi connectivity index (χ0n) is 15.4. The van der Waals surface area contributed by atoms with Gasteiger partial charge in [-0.2, -0.15) is 5.10 Å². The molecule has 0 fully saturated rings. The fourth-order valence-corrected chi connectivity index (χ4v) is 3.18. The number of aromatic nitrogens is 4. The number of benzene rings is 2. The van der Waals surface area contributed by atoms with E-state index in [9.17, 15) is 9.59 Å². The van der Waals surface area contributed by atoms with Gasteiger partial charge in [0.25, 0.3) is 11.5 Å². The fourth-order valence-electron chi connectivity index (χ4n) is 3.18. The van der Waals surface area contributed by atoms with E-state index in [0.29, 0.717) is 34.9 Å². The van der Waals surface area contributed by atoms with E-state index >= 15 is 0 Å². The summed E-state index contributed by atoms with van der Waals surface area (Å²) in [6, 6.07) is 12.4.